The third-order valence-corrected chi connectivity index (χ3v) is 4.14. The number of aromatic carboxylic acids is 1. The number of para-hydroxylation sites is 1. The van der Waals surface area contributed by atoms with Crippen LogP contribution in [0.1, 0.15) is 15.9 Å². The van der Waals surface area contributed by atoms with E-state index >= 15 is 0 Å². The molecule has 0 spiro atoms. The molecule has 0 aliphatic heterocycles. The van der Waals surface area contributed by atoms with E-state index < -0.39 is 5.97 Å². The Morgan fingerprint density at radius 1 is 0.923 bits per heavy atom. The largest absolute Gasteiger partial charge is 0.478 e. The highest BCUT2D eigenvalue weighted by Crippen LogP contribution is 2.26. The van der Waals surface area contributed by atoms with Crippen LogP contribution in [-0.4, -0.2) is 20.9 Å². The molecular weight excluding hydrogens is 324 g/mol. The summed E-state index contributed by atoms with van der Waals surface area (Å²) in [5.41, 5.74) is 3.25. The third kappa shape index (κ3) is 2.83. The molecule has 1 aromatic heterocycles. The Bertz CT molecular complexity index is 1160. The lowest BCUT2D eigenvalue weighted by Crippen LogP contribution is -2.02. The predicted octanol–water partition coefficient (Wildman–Crippen LogP) is 4.26. The minimum atomic E-state index is -1.00. The molecule has 0 aliphatic rings. The molecule has 1 heterocycles. The zero-order valence-electron chi connectivity index (χ0n) is 13.8. The summed E-state index contributed by atoms with van der Waals surface area (Å²) in [6, 6.07) is 25.6. The van der Waals surface area contributed by atoms with Crippen LogP contribution in [0.15, 0.2) is 79.0 Å². The summed E-state index contributed by atoms with van der Waals surface area (Å²) in [7, 11) is 0. The Kier molecular flexibility index (Phi) is 3.97. The van der Waals surface area contributed by atoms with Gasteiger partial charge in [-0.3, -0.25) is 0 Å². The first-order chi connectivity index (χ1) is 12.7. The fourth-order valence-electron chi connectivity index (χ4n) is 2.89. The van der Waals surface area contributed by atoms with Crippen molar-refractivity contribution in [1.29, 1.82) is 0 Å². The lowest BCUT2D eigenvalue weighted by molar-refractivity contribution is 0.0696. The van der Waals surface area contributed by atoms with E-state index in [-0.39, 0.29) is 5.56 Å². The Morgan fingerprint density at radius 3 is 2.50 bits per heavy atom. The van der Waals surface area contributed by atoms with Crippen molar-refractivity contribution in [2.75, 3.05) is 0 Å². The second-order valence-electron chi connectivity index (χ2n) is 5.75. The predicted molar refractivity (Wildman–Crippen MR) is 101 cm³/mol. The molecule has 0 bridgehead atoms. The number of nitrogens with zero attached hydrogens (tertiary/aromatic N) is 2. The molecule has 0 amide bonds. The van der Waals surface area contributed by atoms with Gasteiger partial charge in [0.1, 0.15) is 0 Å². The number of rotatable bonds is 2. The first kappa shape index (κ1) is 15.7. The van der Waals surface area contributed by atoms with Crippen LogP contribution in [0, 0.1) is 12.0 Å². The van der Waals surface area contributed by atoms with E-state index in [1.807, 2.05) is 60.7 Å². The molecule has 0 saturated heterocycles. The molecule has 124 valence electrons. The van der Waals surface area contributed by atoms with E-state index in [1.54, 1.807) is 23.0 Å². The molecule has 0 atom stereocenters. The number of hydrogen-bond donors (Lipinski definition) is 1. The summed E-state index contributed by atoms with van der Waals surface area (Å²) in [6.45, 7) is 0. The number of carboxylic acid groups (broad SMARTS) is 1. The minimum absolute atomic E-state index is 0.176. The van der Waals surface area contributed by atoms with Gasteiger partial charge in [-0.15, -0.1) is 0 Å². The van der Waals surface area contributed by atoms with E-state index in [0.29, 0.717) is 5.56 Å². The van der Waals surface area contributed by atoms with Gasteiger partial charge in [0.05, 0.1) is 17.3 Å². The van der Waals surface area contributed by atoms with Gasteiger partial charge < -0.3 is 5.11 Å². The van der Waals surface area contributed by atoms with E-state index in [9.17, 15) is 9.90 Å². The van der Waals surface area contributed by atoms with Gasteiger partial charge in [0.15, 0.2) is 0 Å². The number of aromatic nitrogens is 2. The van der Waals surface area contributed by atoms with Crippen LogP contribution < -0.4 is 0 Å². The van der Waals surface area contributed by atoms with Crippen LogP contribution >= 0.6 is 0 Å². The van der Waals surface area contributed by atoms with Gasteiger partial charge in [-0.05, 0) is 29.2 Å². The number of benzene rings is 3. The van der Waals surface area contributed by atoms with Crippen LogP contribution in [0.25, 0.3) is 22.0 Å². The van der Waals surface area contributed by atoms with Crippen molar-refractivity contribution in [3.8, 4) is 23.1 Å². The first-order valence-corrected chi connectivity index (χ1v) is 8.10. The van der Waals surface area contributed by atoms with E-state index in [4.69, 9.17) is 0 Å². The lowest BCUT2D eigenvalue weighted by atomic mass is 9.96. The highest BCUT2D eigenvalue weighted by molar-refractivity contribution is 5.94. The van der Waals surface area contributed by atoms with Crippen molar-refractivity contribution in [1.82, 2.24) is 9.78 Å². The van der Waals surface area contributed by atoms with Crippen molar-refractivity contribution in [2.45, 2.75) is 0 Å². The van der Waals surface area contributed by atoms with Crippen molar-refractivity contribution in [3.05, 3.63) is 90.1 Å². The van der Waals surface area contributed by atoms with Gasteiger partial charge >= 0.3 is 5.97 Å². The SMILES string of the molecule is O=C(O)c1cccc(-c2ccccc2)c1C#Cn1ncc2ccccc21. The van der Waals surface area contributed by atoms with E-state index in [1.165, 1.54) is 0 Å². The molecule has 4 nitrogen and oxygen atoms in total. The van der Waals surface area contributed by atoms with Crippen molar-refractivity contribution in [3.63, 3.8) is 0 Å². The highest BCUT2D eigenvalue weighted by atomic mass is 16.4. The summed E-state index contributed by atoms with van der Waals surface area (Å²) in [4.78, 5) is 11.7. The maximum Gasteiger partial charge on any atom is 0.336 e. The summed E-state index contributed by atoms with van der Waals surface area (Å²) in [5.74, 6) is 2.02. The van der Waals surface area contributed by atoms with Gasteiger partial charge in [0, 0.05) is 17.0 Å². The Balaban J connectivity index is 1.90. The molecule has 1 N–H and O–H groups in total. The molecule has 3 aromatic carbocycles. The first-order valence-electron chi connectivity index (χ1n) is 8.10. The third-order valence-electron chi connectivity index (χ3n) is 4.14. The molecule has 26 heavy (non-hydrogen) atoms. The molecular formula is C22H14N2O2. The molecule has 0 radical (unpaired) electrons. The minimum Gasteiger partial charge on any atom is -0.478 e. The number of carbonyl (C=O) groups is 1. The maximum atomic E-state index is 11.7. The summed E-state index contributed by atoms with van der Waals surface area (Å²) in [5, 5.41) is 14.8. The van der Waals surface area contributed by atoms with Gasteiger partial charge in [-0.1, -0.05) is 60.7 Å². The monoisotopic (exact) mass is 338 g/mol. The molecule has 4 aromatic rings. The summed E-state index contributed by atoms with van der Waals surface area (Å²) >= 11 is 0. The lowest BCUT2D eigenvalue weighted by Gasteiger charge is -2.08. The van der Waals surface area contributed by atoms with Crippen molar-refractivity contribution in [2.24, 2.45) is 0 Å². The fourth-order valence-corrected chi connectivity index (χ4v) is 2.89. The highest BCUT2D eigenvalue weighted by Gasteiger charge is 2.13. The molecule has 4 rings (SSSR count). The van der Waals surface area contributed by atoms with Crippen LogP contribution in [0.2, 0.25) is 0 Å². The van der Waals surface area contributed by atoms with E-state index in [0.717, 1.165) is 22.0 Å². The topological polar surface area (TPSA) is 55.1 Å². The number of hydrogen-bond acceptors (Lipinski definition) is 2. The van der Waals surface area contributed by atoms with Gasteiger partial charge in [0.2, 0.25) is 0 Å². The Labute approximate surface area is 150 Å². The van der Waals surface area contributed by atoms with Crippen LogP contribution in [0.5, 0.6) is 0 Å². The molecule has 0 fully saturated rings. The average Bonchev–Trinajstić information content (AvgIpc) is 3.10. The van der Waals surface area contributed by atoms with Crippen LogP contribution in [-0.2, 0) is 0 Å². The van der Waals surface area contributed by atoms with Crippen LogP contribution in [0.3, 0.4) is 0 Å². The smallest absolute Gasteiger partial charge is 0.336 e. The van der Waals surface area contributed by atoms with Crippen molar-refractivity contribution >= 4 is 16.9 Å². The number of fused-ring (bicyclic) bond motifs is 1. The average molecular weight is 338 g/mol. The molecule has 4 heteroatoms. The van der Waals surface area contributed by atoms with Crippen molar-refractivity contribution < 1.29 is 9.90 Å². The van der Waals surface area contributed by atoms with Gasteiger partial charge in [-0.25, -0.2) is 4.79 Å². The zero-order chi connectivity index (χ0) is 17.9. The maximum absolute atomic E-state index is 11.7. The van der Waals surface area contributed by atoms with Gasteiger partial charge in [-0.2, -0.15) is 9.78 Å². The Morgan fingerprint density at radius 2 is 1.69 bits per heavy atom. The molecule has 0 aliphatic carbocycles. The number of carboxylic acids is 1. The second-order valence-corrected chi connectivity index (χ2v) is 5.75. The quantitative estimate of drug-likeness (QED) is 0.556. The Hall–Kier alpha value is -3.84. The summed E-state index contributed by atoms with van der Waals surface area (Å²) in [6.07, 6.45) is 1.74. The van der Waals surface area contributed by atoms with E-state index in [2.05, 4.69) is 17.1 Å². The molecule has 0 saturated carbocycles. The normalized spacial score (nSPS) is 10.3. The molecule has 0 unspecified atom stereocenters. The summed E-state index contributed by atoms with van der Waals surface area (Å²) < 4.78 is 1.57. The zero-order valence-corrected chi connectivity index (χ0v) is 13.8. The fraction of sp³-hybridized carbons (Fsp3) is 0. The van der Waals surface area contributed by atoms with Crippen LogP contribution in [0.4, 0.5) is 0 Å². The second kappa shape index (κ2) is 6.58. The van der Waals surface area contributed by atoms with Gasteiger partial charge in [0.25, 0.3) is 0 Å². The standard InChI is InChI=1S/C22H14N2O2/c25-22(26)20-11-6-10-18(16-7-2-1-3-8-16)19(20)13-14-24-21-12-5-4-9-17(21)15-23-24/h1-12,15H,(H,25,26).